The van der Waals surface area contributed by atoms with Gasteiger partial charge in [-0.2, -0.15) is 5.10 Å². The zero-order valence-electron chi connectivity index (χ0n) is 21.7. The molecule has 0 radical (unpaired) electrons. The van der Waals surface area contributed by atoms with Crippen molar-refractivity contribution in [2.24, 2.45) is 24.6 Å². The second kappa shape index (κ2) is 9.39. The Morgan fingerprint density at radius 3 is 2.49 bits per heavy atom. The van der Waals surface area contributed by atoms with E-state index in [4.69, 9.17) is 22.1 Å². The number of hydrogen-bond donors (Lipinski definition) is 1. The van der Waals surface area contributed by atoms with Crippen LogP contribution in [0.4, 0.5) is 4.39 Å². The van der Waals surface area contributed by atoms with E-state index in [1.807, 2.05) is 30.9 Å². The molecule has 200 valence electrons. The Morgan fingerprint density at radius 2 is 1.82 bits per heavy atom. The molecule has 2 fully saturated rings. The molecule has 6 rings (SSSR count). The number of piperidine rings is 1. The number of carbonyl (C=O) groups excluding carboxylic acids is 1. The van der Waals surface area contributed by atoms with E-state index in [2.05, 4.69) is 20.1 Å². The van der Waals surface area contributed by atoms with Gasteiger partial charge in [-0.25, -0.2) is 19.3 Å². The fraction of sp³-hybridized carbons (Fsp3) is 0.321. The van der Waals surface area contributed by atoms with Crippen LogP contribution in [-0.2, 0) is 12.6 Å². The number of amides is 1. The van der Waals surface area contributed by atoms with Crippen LogP contribution in [0, 0.1) is 17.7 Å². The topological polar surface area (TPSA) is 112 Å². The predicted octanol–water partition coefficient (Wildman–Crippen LogP) is 4.07. The molecule has 1 saturated heterocycles. The van der Waals surface area contributed by atoms with Crippen molar-refractivity contribution in [3.63, 3.8) is 0 Å². The zero-order valence-corrected chi connectivity index (χ0v) is 22.4. The minimum Gasteiger partial charge on any atom is -0.474 e. The van der Waals surface area contributed by atoms with Gasteiger partial charge in [0, 0.05) is 67.6 Å². The molecule has 2 N–H and O–H groups in total. The fourth-order valence-electron chi connectivity index (χ4n) is 5.09. The number of rotatable bonds is 6. The summed E-state index contributed by atoms with van der Waals surface area (Å²) in [6, 6.07) is 11.3. The highest BCUT2D eigenvalue weighted by atomic mass is 35.5. The first kappa shape index (κ1) is 25.4. The highest BCUT2D eigenvalue weighted by Crippen LogP contribution is 2.48. The molecule has 4 aromatic rings. The number of aryl methyl sites for hydroxylation is 1. The Hall–Kier alpha value is -3.89. The standard InChI is InChI=1S/C28H27ClFN7O2/c1-28(2,31)15-9-21(17-6-5-16(30)11-20(17)29)34-24(10-15)39-25-18-13-37(14-19(18)25)27(38)23-12-22(35-36(23)3)26-32-7-4-8-33-26/h4-12,18-19,25H,13-14,31H2,1-3H3/t18-,19+,25?. The van der Waals surface area contributed by atoms with Crippen LogP contribution in [0.2, 0.25) is 5.02 Å². The van der Waals surface area contributed by atoms with Gasteiger partial charge in [-0.1, -0.05) is 11.6 Å². The molecule has 1 aliphatic carbocycles. The quantitative estimate of drug-likeness (QED) is 0.387. The van der Waals surface area contributed by atoms with Gasteiger partial charge in [0.05, 0.1) is 10.7 Å². The van der Waals surface area contributed by atoms with Crippen molar-refractivity contribution < 1.29 is 13.9 Å². The summed E-state index contributed by atoms with van der Waals surface area (Å²) >= 11 is 6.32. The summed E-state index contributed by atoms with van der Waals surface area (Å²) in [7, 11) is 1.74. The highest BCUT2D eigenvalue weighted by Gasteiger charge is 2.59. The van der Waals surface area contributed by atoms with Crippen LogP contribution in [0.3, 0.4) is 0 Å². The molecule has 3 aromatic heterocycles. The monoisotopic (exact) mass is 547 g/mol. The minimum absolute atomic E-state index is 0.0611. The number of nitrogens with zero attached hydrogens (tertiary/aromatic N) is 6. The molecule has 1 unspecified atom stereocenters. The van der Waals surface area contributed by atoms with Crippen LogP contribution >= 0.6 is 11.6 Å². The number of halogens is 2. The van der Waals surface area contributed by atoms with Gasteiger partial charge in [-0.15, -0.1) is 0 Å². The van der Waals surface area contributed by atoms with Crippen LogP contribution in [0.5, 0.6) is 5.88 Å². The molecule has 1 saturated carbocycles. The van der Waals surface area contributed by atoms with Gasteiger partial charge in [0.2, 0.25) is 5.88 Å². The lowest BCUT2D eigenvalue weighted by Crippen LogP contribution is -2.34. The van der Waals surface area contributed by atoms with E-state index in [0.29, 0.717) is 47.4 Å². The maximum Gasteiger partial charge on any atom is 0.272 e. The van der Waals surface area contributed by atoms with Crippen LogP contribution < -0.4 is 10.5 Å². The lowest BCUT2D eigenvalue weighted by Gasteiger charge is -2.22. The van der Waals surface area contributed by atoms with E-state index in [-0.39, 0.29) is 28.9 Å². The minimum atomic E-state index is -0.655. The van der Waals surface area contributed by atoms with E-state index in [9.17, 15) is 9.18 Å². The van der Waals surface area contributed by atoms with Gasteiger partial charge < -0.3 is 15.4 Å². The summed E-state index contributed by atoms with van der Waals surface area (Å²) in [4.78, 5) is 28.2. The lowest BCUT2D eigenvalue weighted by atomic mass is 9.95. The fourth-order valence-corrected chi connectivity index (χ4v) is 5.36. The maximum atomic E-state index is 13.6. The van der Waals surface area contributed by atoms with Crippen molar-refractivity contribution in [3.8, 4) is 28.7 Å². The second-order valence-corrected chi connectivity index (χ2v) is 11.1. The van der Waals surface area contributed by atoms with Gasteiger partial charge in [-0.05, 0) is 49.7 Å². The third-order valence-corrected chi connectivity index (χ3v) is 7.62. The second-order valence-electron chi connectivity index (χ2n) is 10.7. The van der Waals surface area contributed by atoms with Crippen molar-refractivity contribution in [2.75, 3.05) is 13.1 Å². The number of benzene rings is 1. The Bertz CT molecular complexity index is 1560. The van der Waals surface area contributed by atoms with Crippen molar-refractivity contribution in [2.45, 2.75) is 25.5 Å². The number of aromatic nitrogens is 5. The van der Waals surface area contributed by atoms with Gasteiger partial charge >= 0.3 is 0 Å². The summed E-state index contributed by atoms with van der Waals surface area (Å²) in [5.74, 6) is 0.800. The molecule has 11 heteroatoms. The number of nitrogens with two attached hydrogens (primary N) is 1. The van der Waals surface area contributed by atoms with E-state index < -0.39 is 11.4 Å². The summed E-state index contributed by atoms with van der Waals surface area (Å²) in [6.07, 6.45) is 3.22. The van der Waals surface area contributed by atoms with Gasteiger partial charge in [0.1, 0.15) is 23.3 Å². The van der Waals surface area contributed by atoms with E-state index in [1.165, 1.54) is 12.1 Å². The van der Waals surface area contributed by atoms with Crippen molar-refractivity contribution in [1.82, 2.24) is 29.6 Å². The van der Waals surface area contributed by atoms with Crippen LogP contribution in [0.25, 0.3) is 22.8 Å². The molecule has 2 aliphatic rings. The first-order valence-corrected chi connectivity index (χ1v) is 13.0. The third-order valence-electron chi connectivity index (χ3n) is 7.31. The molecule has 0 bridgehead atoms. The van der Waals surface area contributed by atoms with E-state index in [0.717, 1.165) is 5.56 Å². The number of carbonyl (C=O) groups is 1. The third kappa shape index (κ3) is 4.86. The molecule has 1 aliphatic heterocycles. The first-order chi connectivity index (χ1) is 18.6. The molecule has 4 heterocycles. The van der Waals surface area contributed by atoms with Gasteiger partial charge in [0.25, 0.3) is 5.91 Å². The van der Waals surface area contributed by atoms with E-state index >= 15 is 0 Å². The predicted molar refractivity (Wildman–Crippen MR) is 143 cm³/mol. The molecule has 0 spiro atoms. The SMILES string of the molecule is Cn1nc(-c2ncccn2)cc1C(=O)N1C[C@@H]2C(Oc3cc(C(C)(C)N)cc(-c4ccc(F)cc4Cl)n3)[C@@H]2C1. The summed E-state index contributed by atoms with van der Waals surface area (Å²) in [6.45, 7) is 4.95. The Balaban J connectivity index is 1.17. The zero-order chi connectivity index (χ0) is 27.5. The highest BCUT2D eigenvalue weighted by molar-refractivity contribution is 6.33. The van der Waals surface area contributed by atoms with Gasteiger partial charge in [0.15, 0.2) is 5.82 Å². The van der Waals surface area contributed by atoms with E-state index in [1.54, 1.807) is 42.3 Å². The Morgan fingerprint density at radius 1 is 1.10 bits per heavy atom. The Kier molecular flexibility index (Phi) is 6.11. The van der Waals surface area contributed by atoms with Crippen molar-refractivity contribution in [1.29, 1.82) is 0 Å². The lowest BCUT2D eigenvalue weighted by molar-refractivity contribution is 0.0740. The number of likely N-dealkylation sites (tertiary alicyclic amines) is 1. The normalized spacial score (nSPS) is 20.2. The number of fused-ring (bicyclic) bond motifs is 1. The Labute approximate surface area is 229 Å². The average Bonchev–Trinajstić information content (AvgIpc) is 3.21. The molecule has 3 atom stereocenters. The smallest absolute Gasteiger partial charge is 0.272 e. The van der Waals surface area contributed by atoms with Crippen LogP contribution in [0.15, 0.2) is 54.9 Å². The van der Waals surface area contributed by atoms with Crippen molar-refractivity contribution in [3.05, 3.63) is 77.0 Å². The average molecular weight is 548 g/mol. The largest absolute Gasteiger partial charge is 0.474 e. The number of pyridine rings is 1. The number of ether oxygens (including phenoxy) is 1. The van der Waals surface area contributed by atoms with Crippen LogP contribution in [-0.4, -0.2) is 54.7 Å². The summed E-state index contributed by atoms with van der Waals surface area (Å²) in [5.41, 5.74) is 8.75. The molecular formula is C28H27ClFN7O2. The van der Waals surface area contributed by atoms with Gasteiger partial charge in [-0.3, -0.25) is 9.48 Å². The molecular weight excluding hydrogens is 521 g/mol. The summed E-state index contributed by atoms with van der Waals surface area (Å²) < 4.78 is 21.5. The number of hydrogen-bond acceptors (Lipinski definition) is 7. The van der Waals surface area contributed by atoms with Crippen LogP contribution in [0.1, 0.15) is 29.9 Å². The molecule has 39 heavy (non-hydrogen) atoms. The maximum absolute atomic E-state index is 13.6. The molecule has 1 amide bonds. The van der Waals surface area contributed by atoms with Crippen molar-refractivity contribution >= 4 is 17.5 Å². The molecule has 1 aromatic carbocycles. The summed E-state index contributed by atoms with van der Waals surface area (Å²) in [5, 5.41) is 4.68. The molecule has 9 nitrogen and oxygen atoms in total. The first-order valence-electron chi connectivity index (χ1n) is 12.6.